The van der Waals surface area contributed by atoms with Crippen LogP contribution < -0.4 is 16.0 Å². The Balaban J connectivity index is 1.46. The Morgan fingerprint density at radius 1 is 0.848 bits per heavy atom. The number of ether oxygens (including phenoxy) is 1. The van der Waals surface area contributed by atoms with E-state index in [9.17, 15) is 24.3 Å². The fraction of sp³-hybridized carbons (Fsp3) is 0.389. The number of fused-ring (bicyclic) bond motifs is 1. The maximum Gasteiger partial charge on any atom is 0.408 e. The van der Waals surface area contributed by atoms with E-state index in [2.05, 4.69) is 16.0 Å². The predicted octanol–water partition coefficient (Wildman–Crippen LogP) is 5.22. The van der Waals surface area contributed by atoms with E-state index in [4.69, 9.17) is 4.74 Å². The normalized spacial score (nSPS) is 15.0. The van der Waals surface area contributed by atoms with Gasteiger partial charge in [0.2, 0.25) is 11.8 Å². The molecule has 0 radical (unpaired) electrons. The van der Waals surface area contributed by atoms with Gasteiger partial charge in [-0.05, 0) is 62.3 Å². The molecule has 0 fully saturated rings. The van der Waals surface area contributed by atoms with Crippen molar-refractivity contribution in [3.05, 3.63) is 107 Å². The number of unbranched alkanes of at least 4 members (excludes halogenated alkanes) is 1. The number of carbonyl (C=O) groups excluding carboxylic acids is 3. The van der Waals surface area contributed by atoms with Gasteiger partial charge in [0.15, 0.2) is 0 Å². The maximum atomic E-state index is 13.7. The highest BCUT2D eigenvalue weighted by Crippen LogP contribution is 2.25. The van der Waals surface area contributed by atoms with Gasteiger partial charge in [0.05, 0.1) is 6.54 Å². The summed E-state index contributed by atoms with van der Waals surface area (Å²) in [5.41, 5.74) is 3.23. The number of nitrogens with zero attached hydrogens (tertiary/aromatic N) is 1. The zero-order valence-corrected chi connectivity index (χ0v) is 26.7. The molecule has 1 heterocycles. The number of amides is 4. The molecule has 46 heavy (non-hydrogen) atoms. The van der Waals surface area contributed by atoms with Crippen molar-refractivity contribution in [2.45, 2.75) is 76.6 Å². The van der Waals surface area contributed by atoms with Gasteiger partial charge in [0.25, 0.3) is 0 Å². The molecule has 0 spiro atoms. The molecule has 0 saturated carbocycles. The van der Waals surface area contributed by atoms with E-state index in [0.29, 0.717) is 32.4 Å². The number of hydrogen-bond acceptors (Lipinski definition) is 5. The lowest BCUT2D eigenvalue weighted by molar-refractivity contribution is -0.132. The molecule has 4 amide bonds. The number of carbonyl (C=O) groups is 4. The molecule has 4 rings (SSSR count). The first-order valence-electron chi connectivity index (χ1n) is 15.7. The fourth-order valence-corrected chi connectivity index (χ4v) is 5.60. The van der Waals surface area contributed by atoms with Gasteiger partial charge in [-0.25, -0.2) is 9.59 Å². The molecular weight excluding hydrogens is 584 g/mol. The molecule has 3 aromatic carbocycles. The van der Waals surface area contributed by atoms with Gasteiger partial charge in [-0.3, -0.25) is 14.5 Å². The highest BCUT2D eigenvalue weighted by Gasteiger charge is 2.36. The van der Waals surface area contributed by atoms with Crippen molar-refractivity contribution in [2.24, 2.45) is 0 Å². The van der Waals surface area contributed by atoms with Gasteiger partial charge < -0.3 is 25.8 Å². The van der Waals surface area contributed by atoms with Crippen LogP contribution in [0.25, 0.3) is 0 Å². The molecule has 0 bridgehead atoms. The van der Waals surface area contributed by atoms with Crippen LogP contribution in [0.5, 0.6) is 0 Å². The molecule has 1 aliphatic rings. The minimum Gasteiger partial charge on any atom is -0.465 e. The minimum atomic E-state index is -1.20. The Labute approximate surface area is 270 Å². The van der Waals surface area contributed by atoms with E-state index < -0.39 is 35.8 Å². The van der Waals surface area contributed by atoms with Crippen molar-refractivity contribution in [1.82, 2.24) is 20.9 Å². The van der Waals surface area contributed by atoms with E-state index in [1.807, 2.05) is 84.9 Å². The van der Waals surface area contributed by atoms with E-state index in [1.54, 1.807) is 20.8 Å². The summed E-state index contributed by atoms with van der Waals surface area (Å²) in [5, 5.41) is 18.6. The summed E-state index contributed by atoms with van der Waals surface area (Å²) in [5.74, 6) is -0.993. The van der Waals surface area contributed by atoms with Crippen LogP contribution in [-0.2, 0) is 27.3 Å². The van der Waals surface area contributed by atoms with Crippen molar-refractivity contribution in [2.75, 3.05) is 13.1 Å². The van der Waals surface area contributed by atoms with E-state index in [1.165, 1.54) is 0 Å². The van der Waals surface area contributed by atoms with Gasteiger partial charge in [-0.1, -0.05) is 84.9 Å². The van der Waals surface area contributed by atoms with Gasteiger partial charge in [-0.15, -0.1) is 0 Å². The van der Waals surface area contributed by atoms with Crippen LogP contribution >= 0.6 is 0 Å². The average molecular weight is 629 g/mol. The van der Waals surface area contributed by atoms with Crippen molar-refractivity contribution in [3.63, 3.8) is 0 Å². The summed E-state index contributed by atoms with van der Waals surface area (Å²) in [7, 11) is 0. The lowest BCUT2D eigenvalue weighted by Crippen LogP contribution is -2.56. The Morgan fingerprint density at radius 3 is 2.02 bits per heavy atom. The lowest BCUT2D eigenvalue weighted by Gasteiger charge is -2.34. The summed E-state index contributed by atoms with van der Waals surface area (Å²) in [6.45, 7) is 6.09. The summed E-state index contributed by atoms with van der Waals surface area (Å²) in [6, 6.07) is 25.3. The Kier molecular flexibility index (Phi) is 11.8. The first-order chi connectivity index (χ1) is 22.0. The molecular formula is C36H44N4O6. The number of benzene rings is 3. The molecule has 0 unspecified atom stereocenters. The van der Waals surface area contributed by atoms with Crippen LogP contribution in [0, 0.1) is 0 Å². The standard InChI is InChI=1S/C36H44N4O6/c1-36(2,3)46-34(43)37-21-13-12-20-30(39-33(42)31-22-27-18-10-11-19-28(27)24-40(31)35(44)45)32(41)38-23-29(25-14-6-4-7-15-25)26-16-8-5-9-17-26/h4-11,14-19,29-31H,12-13,20-24H2,1-3H3,(H,37,43)(H,38,41)(H,39,42)(H,44,45)/t30-,31+/m1/s1. The fourth-order valence-electron chi connectivity index (χ4n) is 5.60. The summed E-state index contributed by atoms with van der Waals surface area (Å²) in [6.07, 6.45) is -0.136. The van der Waals surface area contributed by atoms with Crippen molar-refractivity contribution in [1.29, 1.82) is 0 Å². The third-order valence-electron chi connectivity index (χ3n) is 7.90. The van der Waals surface area contributed by atoms with Crippen LogP contribution in [0.3, 0.4) is 0 Å². The molecule has 10 nitrogen and oxygen atoms in total. The zero-order valence-electron chi connectivity index (χ0n) is 26.7. The average Bonchev–Trinajstić information content (AvgIpc) is 3.03. The van der Waals surface area contributed by atoms with Crippen molar-refractivity contribution in [3.8, 4) is 0 Å². The summed E-state index contributed by atoms with van der Waals surface area (Å²) >= 11 is 0. The van der Waals surface area contributed by atoms with Gasteiger partial charge in [-0.2, -0.15) is 0 Å². The van der Waals surface area contributed by atoms with Crippen LogP contribution in [0.2, 0.25) is 0 Å². The number of hydrogen-bond donors (Lipinski definition) is 4. The molecule has 3 aromatic rings. The number of carboxylic acid groups (broad SMARTS) is 1. The molecule has 2 atom stereocenters. The van der Waals surface area contributed by atoms with Crippen LogP contribution in [-0.4, -0.2) is 64.8 Å². The summed E-state index contributed by atoms with van der Waals surface area (Å²) < 4.78 is 5.28. The quantitative estimate of drug-likeness (QED) is 0.203. The number of alkyl carbamates (subject to hydrolysis) is 1. The molecule has 10 heteroatoms. The smallest absolute Gasteiger partial charge is 0.408 e. The highest BCUT2D eigenvalue weighted by atomic mass is 16.6. The van der Waals surface area contributed by atoms with Crippen LogP contribution in [0.15, 0.2) is 84.9 Å². The molecule has 0 aromatic heterocycles. The number of rotatable bonds is 12. The Bertz CT molecular complexity index is 1440. The first-order valence-corrected chi connectivity index (χ1v) is 15.7. The molecule has 4 N–H and O–H groups in total. The Hall–Kier alpha value is -4.86. The topological polar surface area (TPSA) is 137 Å². The largest absolute Gasteiger partial charge is 0.465 e. The zero-order chi connectivity index (χ0) is 33.1. The summed E-state index contributed by atoms with van der Waals surface area (Å²) in [4.78, 5) is 52.7. The third-order valence-corrected chi connectivity index (χ3v) is 7.90. The highest BCUT2D eigenvalue weighted by molar-refractivity contribution is 5.91. The second-order valence-electron chi connectivity index (χ2n) is 12.5. The van der Waals surface area contributed by atoms with E-state index >= 15 is 0 Å². The predicted molar refractivity (Wildman–Crippen MR) is 175 cm³/mol. The SMILES string of the molecule is CC(C)(C)OC(=O)NCCCC[C@@H](NC(=O)[C@@H]1Cc2ccccc2CN1C(=O)O)C(=O)NCC(c1ccccc1)c1ccccc1. The molecule has 1 aliphatic heterocycles. The van der Waals surface area contributed by atoms with Gasteiger partial charge >= 0.3 is 12.2 Å². The molecule has 244 valence electrons. The van der Waals surface area contributed by atoms with E-state index in [0.717, 1.165) is 27.2 Å². The van der Waals surface area contributed by atoms with Gasteiger partial charge in [0.1, 0.15) is 17.7 Å². The first kappa shape index (κ1) is 34.0. The van der Waals surface area contributed by atoms with Crippen LogP contribution in [0.1, 0.15) is 68.2 Å². The maximum absolute atomic E-state index is 13.7. The minimum absolute atomic E-state index is 0.0899. The monoisotopic (exact) mass is 628 g/mol. The van der Waals surface area contributed by atoms with Crippen LogP contribution in [0.4, 0.5) is 9.59 Å². The second-order valence-corrected chi connectivity index (χ2v) is 12.5. The van der Waals surface area contributed by atoms with Crippen molar-refractivity contribution >= 4 is 24.0 Å². The molecule has 0 saturated heterocycles. The Morgan fingerprint density at radius 2 is 1.43 bits per heavy atom. The second kappa shape index (κ2) is 15.9. The van der Waals surface area contributed by atoms with Gasteiger partial charge in [0, 0.05) is 25.4 Å². The third kappa shape index (κ3) is 9.82. The van der Waals surface area contributed by atoms with Crippen molar-refractivity contribution < 1.29 is 29.0 Å². The lowest BCUT2D eigenvalue weighted by atomic mass is 9.91. The molecule has 0 aliphatic carbocycles. The number of nitrogens with one attached hydrogen (secondary N) is 3. The van der Waals surface area contributed by atoms with E-state index in [-0.39, 0.29) is 24.8 Å².